The molecule has 3 nitrogen and oxygen atoms in total. The highest BCUT2D eigenvalue weighted by molar-refractivity contribution is 9.10. The first kappa shape index (κ1) is 20.0. The number of rotatable bonds is 6. The summed E-state index contributed by atoms with van der Waals surface area (Å²) in [6.45, 7) is 7.26. The third kappa shape index (κ3) is 5.87. The molecule has 0 saturated heterocycles. The average Bonchev–Trinajstić information content (AvgIpc) is 2.52. The van der Waals surface area contributed by atoms with E-state index in [0.717, 1.165) is 10.0 Å². The summed E-state index contributed by atoms with van der Waals surface area (Å²) < 4.78 is 25.3. The number of methoxy groups -OCH3 is 1. The van der Waals surface area contributed by atoms with Gasteiger partial charge in [-0.3, -0.25) is 0 Å². The number of benzene rings is 2. The van der Waals surface area contributed by atoms with Crippen molar-refractivity contribution in [3.8, 4) is 11.5 Å². The number of hydrogen-bond acceptors (Lipinski definition) is 3. The van der Waals surface area contributed by atoms with Crippen LogP contribution in [0.2, 0.25) is 5.02 Å². The van der Waals surface area contributed by atoms with E-state index >= 15 is 0 Å². The molecule has 0 heterocycles. The Morgan fingerprint density at radius 1 is 1.12 bits per heavy atom. The van der Waals surface area contributed by atoms with Gasteiger partial charge in [-0.15, -0.1) is 0 Å². The highest BCUT2D eigenvalue weighted by Crippen LogP contribution is 2.34. The predicted molar refractivity (Wildman–Crippen MR) is 103 cm³/mol. The molecule has 0 bridgehead atoms. The normalized spacial score (nSPS) is 11.5. The van der Waals surface area contributed by atoms with Crippen LogP contribution < -0.4 is 14.8 Å². The Hall–Kier alpha value is -1.30. The van der Waals surface area contributed by atoms with Crippen molar-refractivity contribution in [2.75, 3.05) is 7.11 Å². The zero-order chi connectivity index (χ0) is 18.6. The molecule has 136 valence electrons. The van der Waals surface area contributed by atoms with Crippen LogP contribution >= 0.6 is 27.5 Å². The molecule has 0 aliphatic rings. The van der Waals surface area contributed by atoms with Gasteiger partial charge in [0.25, 0.3) is 0 Å². The lowest BCUT2D eigenvalue weighted by Gasteiger charge is -2.22. The minimum absolute atomic E-state index is 0.0151. The summed E-state index contributed by atoms with van der Waals surface area (Å²) in [5.41, 5.74) is 1.79. The van der Waals surface area contributed by atoms with E-state index in [1.165, 1.54) is 12.1 Å². The molecule has 0 aliphatic heterocycles. The van der Waals surface area contributed by atoms with Gasteiger partial charge in [0.2, 0.25) is 0 Å². The van der Waals surface area contributed by atoms with Gasteiger partial charge in [0.1, 0.15) is 12.4 Å². The lowest BCUT2D eigenvalue weighted by molar-refractivity contribution is 0.284. The van der Waals surface area contributed by atoms with Gasteiger partial charge in [0.05, 0.1) is 12.1 Å². The first-order chi connectivity index (χ1) is 11.7. The highest BCUT2D eigenvalue weighted by Gasteiger charge is 2.14. The molecule has 0 radical (unpaired) electrons. The lowest BCUT2D eigenvalue weighted by Crippen LogP contribution is -2.35. The molecule has 0 aromatic heterocycles. The van der Waals surface area contributed by atoms with E-state index in [0.29, 0.717) is 28.6 Å². The molecular weight excluding hydrogens is 409 g/mol. The largest absolute Gasteiger partial charge is 0.493 e. The van der Waals surface area contributed by atoms with Gasteiger partial charge >= 0.3 is 0 Å². The second-order valence-electron chi connectivity index (χ2n) is 6.72. The van der Waals surface area contributed by atoms with Crippen molar-refractivity contribution in [3.63, 3.8) is 0 Å². The minimum atomic E-state index is -0.371. The number of ether oxygens (including phenoxy) is 2. The summed E-state index contributed by atoms with van der Waals surface area (Å²) in [7, 11) is 1.60. The van der Waals surface area contributed by atoms with Crippen LogP contribution in [0.3, 0.4) is 0 Å². The van der Waals surface area contributed by atoms with Crippen LogP contribution in [0.5, 0.6) is 11.5 Å². The van der Waals surface area contributed by atoms with Gasteiger partial charge < -0.3 is 14.8 Å². The maximum Gasteiger partial charge on any atom is 0.162 e. The Morgan fingerprint density at radius 2 is 1.84 bits per heavy atom. The quantitative estimate of drug-likeness (QED) is 0.636. The van der Waals surface area contributed by atoms with E-state index < -0.39 is 0 Å². The van der Waals surface area contributed by atoms with Crippen molar-refractivity contribution in [2.24, 2.45) is 0 Å². The molecular formula is C19H22BrClFNO2. The molecule has 25 heavy (non-hydrogen) atoms. The monoisotopic (exact) mass is 429 g/mol. The fourth-order valence-corrected chi connectivity index (χ4v) is 2.82. The van der Waals surface area contributed by atoms with Crippen molar-refractivity contribution in [2.45, 2.75) is 39.5 Å². The fourth-order valence-electron chi connectivity index (χ4n) is 2.14. The van der Waals surface area contributed by atoms with Gasteiger partial charge in [0.15, 0.2) is 11.5 Å². The van der Waals surface area contributed by atoms with Crippen LogP contribution in [0.4, 0.5) is 4.39 Å². The SMILES string of the molecule is COc1cc(CNC(C)(C)C)c(Br)cc1OCc1ccc(F)cc1Cl. The Balaban J connectivity index is 2.16. The van der Waals surface area contributed by atoms with Crippen LogP contribution in [0, 0.1) is 5.82 Å². The highest BCUT2D eigenvalue weighted by atomic mass is 79.9. The van der Waals surface area contributed by atoms with Crippen LogP contribution in [-0.4, -0.2) is 12.6 Å². The van der Waals surface area contributed by atoms with Crippen molar-refractivity contribution < 1.29 is 13.9 Å². The molecule has 0 unspecified atom stereocenters. The van der Waals surface area contributed by atoms with E-state index in [1.54, 1.807) is 13.2 Å². The topological polar surface area (TPSA) is 30.5 Å². The maximum atomic E-state index is 13.1. The molecule has 2 aromatic carbocycles. The van der Waals surface area contributed by atoms with Crippen molar-refractivity contribution in [1.82, 2.24) is 5.32 Å². The zero-order valence-corrected chi connectivity index (χ0v) is 17.1. The van der Waals surface area contributed by atoms with Gasteiger partial charge in [0, 0.05) is 22.1 Å². The molecule has 0 amide bonds. The maximum absolute atomic E-state index is 13.1. The van der Waals surface area contributed by atoms with E-state index in [1.807, 2.05) is 12.1 Å². The molecule has 0 spiro atoms. The first-order valence-corrected chi connectivity index (χ1v) is 9.05. The second kappa shape index (κ2) is 8.39. The van der Waals surface area contributed by atoms with Crippen molar-refractivity contribution in [3.05, 3.63) is 56.8 Å². The molecule has 1 N–H and O–H groups in total. The van der Waals surface area contributed by atoms with Gasteiger partial charge in [-0.2, -0.15) is 0 Å². The second-order valence-corrected chi connectivity index (χ2v) is 7.98. The van der Waals surface area contributed by atoms with Gasteiger partial charge in [-0.1, -0.05) is 33.6 Å². The first-order valence-electron chi connectivity index (χ1n) is 7.88. The molecule has 0 saturated carbocycles. The van der Waals surface area contributed by atoms with Gasteiger partial charge in [-0.05, 0) is 50.6 Å². The Labute approximate surface area is 161 Å². The lowest BCUT2D eigenvalue weighted by atomic mass is 10.1. The van der Waals surface area contributed by atoms with Gasteiger partial charge in [-0.25, -0.2) is 4.39 Å². The molecule has 0 fully saturated rings. The third-order valence-electron chi connectivity index (χ3n) is 3.54. The molecule has 0 aliphatic carbocycles. The summed E-state index contributed by atoms with van der Waals surface area (Å²) >= 11 is 9.62. The predicted octanol–water partition coefficient (Wildman–Crippen LogP) is 5.72. The molecule has 0 atom stereocenters. The summed E-state index contributed by atoms with van der Waals surface area (Å²) in [6, 6.07) is 8.05. The summed E-state index contributed by atoms with van der Waals surface area (Å²) in [4.78, 5) is 0. The smallest absolute Gasteiger partial charge is 0.162 e. The van der Waals surface area contributed by atoms with Crippen LogP contribution in [0.1, 0.15) is 31.9 Å². The summed E-state index contributed by atoms with van der Waals surface area (Å²) in [6.07, 6.45) is 0. The van der Waals surface area contributed by atoms with Crippen LogP contribution in [0.15, 0.2) is 34.8 Å². The Kier molecular flexibility index (Phi) is 6.72. The average molecular weight is 431 g/mol. The molecule has 2 aromatic rings. The third-order valence-corrected chi connectivity index (χ3v) is 4.63. The van der Waals surface area contributed by atoms with E-state index in [4.69, 9.17) is 21.1 Å². The van der Waals surface area contributed by atoms with E-state index in [2.05, 4.69) is 42.0 Å². The molecule has 2 rings (SSSR count). The number of hydrogen-bond donors (Lipinski definition) is 1. The van der Waals surface area contributed by atoms with E-state index in [9.17, 15) is 4.39 Å². The standard InChI is InChI=1S/C19H22BrClFNO2/c1-19(2,3)23-10-13-7-17(24-4)18(9-15(13)20)25-11-12-5-6-14(22)8-16(12)21/h5-9,23H,10-11H2,1-4H3. The minimum Gasteiger partial charge on any atom is -0.493 e. The van der Waals surface area contributed by atoms with Crippen molar-refractivity contribution in [1.29, 1.82) is 0 Å². The zero-order valence-electron chi connectivity index (χ0n) is 14.8. The fraction of sp³-hybridized carbons (Fsp3) is 0.368. The molecule has 6 heteroatoms. The Bertz CT molecular complexity index is 747. The van der Waals surface area contributed by atoms with Crippen LogP contribution in [0.25, 0.3) is 0 Å². The number of nitrogens with one attached hydrogen (secondary N) is 1. The summed E-state index contributed by atoms with van der Waals surface area (Å²) in [5.74, 6) is 0.853. The van der Waals surface area contributed by atoms with E-state index in [-0.39, 0.29) is 18.0 Å². The summed E-state index contributed by atoms with van der Waals surface area (Å²) in [5, 5.41) is 3.78. The van der Waals surface area contributed by atoms with Crippen LogP contribution in [-0.2, 0) is 13.2 Å². The number of halogens is 3. The Morgan fingerprint density at radius 3 is 2.44 bits per heavy atom. The van der Waals surface area contributed by atoms with Crippen molar-refractivity contribution >= 4 is 27.5 Å².